The number of pyridine rings is 1. The summed E-state index contributed by atoms with van der Waals surface area (Å²) in [4.78, 5) is 8.62. The molecule has 2 rings (SSSR count). The highest BCUT2D eigenvalue weighted by Crippen LogP contribution is 2.36. The summed E-state index contributed by atoms with van der Waals surface area (Å²) in [5.74, 6) is 0. The Morgan fingerprint density at radius 1 is 1.31 bits per heavy atom. The molecule has 0 fully saturated rings. The number of thioether (sulfide) groups is 1. The monoisotopic (exact) mass is 251 g/mol. The first kappa shape index (κ1) is 11.6. The van der Waals surface area contributed by atoms with Crippen molar-refractivity contribution in [3.05, 3.63) is 41.7 Å². The largest absolute Gasteiger partial charge is 0.327 e. The van der Waals surface area contributed by atoms with Gasteiger partial charge in [0.1, 0.15) is 4.34 Å². The number of rotatable bonds is 4. The number of hydrogen-bond acceptors (Lipinski definition) is 5. The first-order chi connectivity index (χ1) is 7.77. The third-order valence-corrected chi connectivity index (χ3v) is 4.47. The Labute approximate surface area is 103 Å². The highest BCUT2D eigenvalue weighted by atomic mass is 32.2. The van der Waals surface area contributed by atoms with Crippen molar-refractivity contribution in [2.24, 2.45) is 5.73 Å². The average molecular weight is 251 g/mol. The number of hydrogen-bond donors (Lipinski definition) is 1. The maximum absolute atomic E-state index is 6.00. The molecule has 2 heterocycles. The van der Waals surface area contributed by atoms with E-state index in [0.29, 0.717) is 0 Å². The molecule has 84 valence electrons. The lowest BCUT2D eigenvalue weighted by atomic mass is 10.2. The molecule has 0 saturated heterocycles. The van der Waals surface area contributed by atoms with Crippen molar-refractivity contribution in [3.8, 4) is 0 Å². The average Bonchev–Trinajstić information content (AvgIpc) is 2.79. The van der Waals surface area contributed by atoms with Gasteiger partial charge in [0.25, 0.3) is 0 Å². The SMILES string of the molecule is CC(N)C(Sc1nccs1)c1ccccn1. The highest BCUT2D eigenvalue weighted by Gasteiger charge is 2.19. The van der Waals surface area contributed by atoms with Crippen LogP contribution in [0, 0.1) is 0 Å². The second-order valence-corrected chi connectivity index (χ2v) is 5.73. The normalized spacial score (nSPS) is 14.6. The number of nitrogens with two attached hydrogens (primary N) is 1. The van der Waals surface area contributed by atoms with E-state index in [2.05, 4.69) is 9.97 Å². The Morgan fingerprint density at radius 2 is 2.19 bits per heavy atom. The van der Waals surface area contributed by atoms with Gasteiger partial charge in [-0.05, 0) is 19.1 Å². The van der Waals surface area contributed by atoms with Gasteiger partial charge in [-0.15, -0.1) is 11.3 Å². The van der Waals surface area contributed by atoms with Crippen LogP contribution in [0.25, 0.3) is 0 Å². The number of nitrogens with zero attached hydrogens (tertiary/aromatic N) is 2. The smallest absolute Gasteiger partial charge is 0.150 e. The van der Waals surface area contributed by atoms with Crippen molar-refractivity contribution in [1.29, 1.82) is 0 Å². The van der Waals surface area contributed by atoms with Gasteiger partial charge >= 0.3 is 0 Å². The van der Waals surface area contributed by atoms with E-state index < -0.39 is 0 Å². The Kier molecular flexibility index (Phi) is 3.93. The summed E-state index contributed by atoms with van der Waals surface area (Å²) < 4.78 is 1.04. The molecule has 0 spiro atoms. The lowest BCUT2D eigenvalue weighted by Gasteiger charge is -2.18. The van der Waals surface area contributed by atoms with Gasteiger partial charge in [-0.1, -0.05) is 17.8 Å². The fourth-order valence-electron chi connectivity index (χ4n) is 1.36. The molecular weight excluding hydrogens is 238 g/mol. The molecule has 0 aromatic carbocycles. The van der Waals surface area contributed by atoms with Crippen LogP contribution < -0.4 is 5.73 Å². The van der Waals surface area contributed by atoms with Crippen LogP contribution in [0.15, 0.2) is 40.3 Å². The molecule has 0 aliphatic rings. The Morgan fingerprint density at radius 3 is 2.75 bits per heavy atom. The molecule has 0 radical (unpaired) electrons. The van der Waals surface area contributed by atoms with Crippen LogP contribution in [-0.4, -0.2) is 16.0 Å². The van der Waals surface area contributed by atoms with Crippen molar-refractivity contribution in [2.45, 2.75) is 22.6 Å². The summed E-state index contributed by atoms with van der Waals surface area (Å²) in [6.07, 6.45) is 3.61. The lowest BCUT2D eigenvalue weighted by Crippen LogP contribution is -2.23. The topological polar surface area (TPSA) is 51.8 Å². The van der Waals surface area contributed by atoms with E-state index in [-0.39, 0.29) is 11.3 Å². The van der Waals surface area contributed by atoms with Gasteiger partial charge in [-0.3, -0.25) is 4.98 Å². The molecule has 0 amide bonds. The van der Waals surface area contributed by atoms with E-state index >= 15 is 0 Å². The highest BCUT2D eigenvalue weighted by molar-refractivity contribution is 8.01. The van der Waals surface area contributed by atoms with Crippen molar-refractivity contribution >= 4 is 23.1 Å². The minimum absolute atomic E-state index is 0.0452. The van der Waals surface area contributed by atoms with Crippen LogP contribution in [0.1, 0.15) is 17.9 Å². The summed E-state index contributed by atoms with van der Waals surface area (Å²) in [5.41, 5.74) is 7.01. The molecule has 2 N–H and O–H groups in total. The molecule has 0 aliphatic heterocycles. The van der Waals surface area contributed by atoms with Gasteiger partial charge in [-0.25, -0.2) is 4.98 Å². The quantitative estimate of drug-likeness (QED) is 0.849. The predicted octanol–water partition coefficient (Wildman–Crippen LogP) is 2.72. The lowest BCUT2D eigenvalue weighted by molar-refractivity contribution is 0.705. The zero-order valence-corrected chi connectivity index (χ0v) is 10.5. The third kappa shape index (κ3) is 2.81. The first-order valence-electron chi connectivity index (χ1n) is 5.00. The third-order valence-electron chi connectivity index (χ3n) is 2.09. The van der Waals surface area contributed by atoms with Crippen LogP contribution in [-0.2, 0) is 0 Å². The molecule has 2 aromatic heterocycles. The number of aromatic nitrogens is 2. The van der Waals surface area contributed by atoms with E-state index in [1.807, 2.05) is 36.7 Å². The second kappa shape index (κ2) is 5.43. The van der Waals surface area contributed by atoms with Crippen LogP contribution >= 0.6 is 23.1 Å². The van der Waals surface area contributed by atoms with Crippen molar-refractivity contribution < 1.29 is 0 Å². The van der Waals surface area contributed by atoms with Crippen LogP contribution in [0.4, 0.5) is 0 Å². The van der Waals surface area contributed by atoms with Gasteiger partial charge < -0.3 is 5.73 Å². The molecule has 2 aromatic rings. The summed E-state index contributed by atoms with van der Waals surface area (Å²) in [7, 11) is 0. The van der Waals surface area contributed by atoms with Gasteiger partial charge in [0.2, 0.25) is 0 Å². The fraction of sp³-hybridized carbons (Fsp3) is 0.273. The van der Waals surface area contributed by atoms with E-state index in [1.54, 1.807) is 29.3 Å². The van der Waals surface area contributed by atoms with Crippen molar-refractivity contribution in [1.82, 2.24) is 9.97 Å². The van der Waals surface area contributed by atoms with Gasteiger partial charge in [0, 0.05) is 23.8 Å². The molecule has 2 unspecified atom stereocenters. The fourth-order valence-corrected chi connectivity index (χ4v) is 3.23. The van der Waals surface area contributed by atoms with Crippen LogP contribution in [0.2, 0.25) is 0 Å². The summed E-state index contributed by atoms with van der Waals surface area (Å²) in [6.45, 7) is 2.00. The van der Waals surface area contributed by atoms with Gasteiger partial charge in [0.15, 0.2) is 0 Å². The van der Waals surface area contributed by atoms with E-state index in [4.69, 9.17) is 5.73 Å². The molecule has 2 atom stereocenters. The Hall–Kier alpha value is -0.910. The van der Waals surface area contributed by atoms with E-state index in [0.717, 1.165) is 10.0 Å². The van der Waals surface area contributed by atoms with Crippen molar-refractivity contribution in [3.63, 3.8) is 0 Å². The molecule has 3 nitrogen and oxygen atoms in total. The molecule has 0 bridgehead atoms. The van der Waals surface area contributed by atoms with E-state index in [9.17, 15) is 0 Å². The van der Waals surface area contributed by atoms with Gasteiger partial charge in [-0.2, -0.15) is 0 Å². The molecule has 5 heteroatoms. The Bertz CT molecular complexity index is 414. The predicted molar refractivity (Wildman–Crippen MR) is 68.6 cm³/mol. The van der Waals surface area contributed by atoms with Crippen LogP contribution in [0.3, 0.4) is 0 Å². The molecule has 16 heavy (non-hydrogen) atoms. The zero-order valence-electron chi connectivity index (χ0n) is 8.91. The Balaban J connectivity index is 2.18. The standard InChI is InChI=1S/C11H13N3S2/c1-8(12)10(9-4-2-3-5-13-9)16-11-14-6-7-15-11/h2-8,10H,12H2,1H3. The summed E-state index contributed by atoms with van der Waals surface area (Å²) in [6, 6.07) is 5.95. The zero-order chi connectivity index (χ0) is 11.4. The molecule has 0 saturated carbocycles. The molecule has 0 aliphatic carbocycles. The minimum atomic E-state index is 0.0452. The second-order valence-electron chi connectivity index (χ2n) is 3.45. The summed E-state index contributed by atoms with van der Waals surface area (Å²) in [5, 5.41) is 2.13. The van der Waals surface area contributed by atoms with E-state index in [1.165, 1.54) is 0 Å². The molecular formula is C11H13N3S2. The van der Waals surface area contributed by atoms with Crippen molar-refractivity contribution in [2.75, 3.05) is 0 Å². The minimum Gasteiger partial charge on any atom is -0.327 e. The maximum Gasteiger partial charge on any atom is 0.150 e. The summed E-state index contributed by atoms with van der Waals surface area (Å²) >= 11 is 3.31. The van der Waals surface area contributed by atoms with Crippen LogP contribution in [0.5, 0.6) is 0 Å². The maximum atomic E-state index is 6.00. The van der Waals surface area contributed by atoms with Gasteiger partial charge in [0.05, 0.1) is 10.9 Å². The first-order valence-corrected chi connectivity index (χ1v) is 6.76. The number of thiazole rings is 1.